The van der Waals surface area contributed by atoms with Crippen molar-refractivity contribution in [2.45, 2.75) is 26.7 Å². The summed E-state index contributed by atoms with van der Waals surface area (Å²) in [6.07, 6.45) is 0.347. The lowest BCUT2D eigenvalue weighted by atomic mass is 9.99. The molecule has 0 bridgehead atoms. The summed E-state index contributed by atoms with van der Waals surface area (Å²) < 4.78 is 4.97. The van der Waals surface area contributed by atoms with Gasteiger partial charge in [0, 0.05) is 17.8 Å². The van der Waals surface area contributed by atoms with Gasteiger partial charge >= 0.3 is 5.97 Å². The van der Waals surface area contributed by atoms with Crippen molar-refractivity contribution in [1.29, 1.82) is 5.26 Å². The topological polar surface area (TPSA) is 112 Å². The highest BCUT2D eigenvalue weighted by molar-refractivity contribution is 5.92. The number of hydrogen-bond acceptors (Lipinski definition) is 5. The van der Waals surface area contributed by atoms with Gasteiger partial charge in [0.15, 0.2) is 6.61 Å². The second-order valence-electron chi connectivity index (χ2n) is 5.74. The number of aromatic nitrogens is 1. The number of anilines is 1. The fourth-order valence-electron chi connectivity index (χ4n) is 2.58. The number of nitrogens with zero attached hydrogens (tertiary/aromatic N) is 1. The summed E-state index contributed by atoms with van der Waals surface area (Å²) >= 11 is 0. The molecule has 2 aromatic rings. The van der Waals surface area contributed by atoms with Crippen LogP contribution in [0, 0.1) is 25.2 Å². The summed E-state index contributed by atoms with van der Waals surface area (Å²) in [4.78, 5) is 37.9. The Morgan fingerprint density at radius 1 is 1.23 bits per heavy atom. The van der Waals surface area contributed by atoms with Crippen LogP contribution in [0.4, 0.5) is 5.69 Å². The van der Waals surface area contributed by atoms with Gasteiger partial charge < -0.3 is 15.0 Å². The number of pyridine rings is 1. The van der Waals surface area contributed by atoms with Crippen LogP contribution >= 0.6 is 0 Å². The third-order valence-electron chi connectivity index (χ3n) is 3.92. The second kappa shape index (κ2) is 8.62. The highest BCUT2D eigenvalue weighted by Crippen LogP contribution is 2.15. The van der Waals surface area contributed by atoms with E-state index < -0.39 is 17.4 Å². The highest BCUT2D eigenvalue weighted by atomic mass is 16.5. The molecule has 0 aliphatic carbocycles. The van der Waals surface area contributed by atoms with Gasteiger partial charge in [-0.15, -0.1) is 0 Å². The number of nitrogens with one attached hydrogen (secondary N) is 2. The minimum Gasteiger partial charge on any atom is -0.456 e. The molecule has 134 valence electrons. The van der Waals surface area contributed by atoms with E-state index in [0.29, 0.717) is 23.4 Å². The van der Waals surface area contributed by atoms with Gasteiger partial charge in [0.05, 0.1) is 0 Å². The van der Waals surface area contributed by atoms with Gasteiger partial charge in [-0.25, -0.2) is 0 Å². The number of carbonyl (C=O) groups excluding carboxylic acids is 2. The third-order valence-corrected chi connectivity index (χ3v) is 3.92. The number of ether oxygens (including phenoxy) is 1. The number of rotatable bonds is 6. The molecule has 0 atom stereocenters. The van der Waals surface area contributed by atoms with E-state index in [-0.39, 0.29) is 18.6 Å². The summed E-state index contributed by atoms with van der Waals surface area (Å²) in [5.74, 6) is -0.954. The molecule has 0 fully saturated rings. The molecule has 1 aromatic heterocycles. The van der Waals surface area contributed by atoms with E-state index in [1.54, 1.807) is 38.1 Å². The average molecular weight is 353 g/mol. The van der Waals surface area contributed by atoms with Crippen LogP contribution in [-0.4, -0.2) is 23.5 Å². The van der Waals surface area contributed by atoms with E-state index >= 15 is 0 Å². The number of H-pyrrole nitrogens is 1. The van der Waals surface area contributed by atoms with Crippen molar-refractivity contribution < 1.29 is 14.3 Å². The molecule has 1 aromatic carbocycles. The first-order valence-electron chi connectivity index (χ1n) is 8.05. The van der Waals surface area contributed by atoms with Gasteiger partial charge in [-0.1, -0.05) is 18.2 Å². The molecule has 2 N–H and O–H groups in total. The van der Waals surface area contributed by atoms with E-state index in [2.05, 4.69) is 10.3 Å². The molecule has 0 spiro atoms. The Kier molecular flexibility index (Phi) is 6.28. The summed E-state index contributed by atoms with van der Waals surface area (Å²) in [6, 6.07) is 10.7. The fraction of sp³-hybridized carbons (Fsp3) is 0.263. The molecule has 1 amide bonds. The maximum atomic E-state index is 11.9. The molecule has 7 heteroatoms. The summed E-state index contributed by atoms with van der Waals surface area (Å²) in [6.45, 7) is 3.01. The molecule has 0 radical (unpaired) electrons. The van der Waals surface area contributed by atoms with Gasteiger partial charge in [-0.3, -0.25) is 14.4 Å². The molecular formula is C19H19N3O4. The highest BCUT2D eigenvalue weighted by Gasteiger charge is 2.14. The van der Waals surface area contributed by atoms with Gasteiger partial charge in [-0.05, 0) is 43.5 Å². The molecule has 7 nitrogen and oxygen atoms in total. The Morgan fingerprint density at radius 3 is 2.58 bits per heavy atom. The van der Waals surface area contributed by atoms with Crippen molar-refractivity contribution in [3.8, 4) is 6.07 Å². The summed E-state index contributed by atoms with van der Waals surface area (Å²) in [7, 11) is 0. The number of aromatic amines is 1. The molecule has 0 saturated heterocycles. The Balaban J connectivity index is 1.89. The minimum absolute atomic E-state index is 0.0389. The number of aryl methyl sites for hydroxylation is 1. The average Bonchev–Trinajstić information content (AvgIpc) is 2.60. The Labute approximate surface area is 150 Å². The summed E-state index contributed by atoms with van der Waals surface area (Å²) in [5.41, 5.74) is 2.13. The van der Waals surface area contributed by atoms with Crippen LogP contribution in [0.5, 0.6) is 0 Å². The molecule has 0 aliphatic heterocycles. The third kappa shape index (κ3) is 4.80. The van der Waals surface area contributed by atoms with Crippen LogP contribution in [-0.2, 0) is 20.7 Å². The number of benzene rings is 1. The van der Waals surface area contributed by atoms with Crippen LogP contribution in [0.2, 0.25) is 0 Å². The zero-order valence-electron chi connectivity index (χ0n) is 14.6. The van der Waals surface area contributed by atoms with Crippen LogP contribution in [0.3, 0.4) is 0 Å². The molecule has 2 rings (SSSR count). The lowest BCUT2D eigenvalue weighted by molar-refractivity contribution is -0.147. The van der Waals surface area contributed by atoms with E-state index in [0.717, 1.165) is 5.56 Å². The number of hydrogen-bond donors (Lipinski definition) is 2. The monoisotopic (exact) mass is 353 g/mol. The van der Waals surface area contributed by atoms with E-state index in [1.165, 1.54) is 0 Å². The number of para-hydroxylation sites is 1. The zero-order chi connectivity index (χ0) is 19.1. The number of nitriles is 1. The number of amides is 1. The first-order chi connectivity index (χ1) is 12.4. The van der Waals surface area contributed by atoms with Crippen molar-refractivity contribution in [2.75, 3.05) is 11.9 Å². The van der Waals surface area contributed by atoms with Crippen LogP contribution in [0.15, 0.2) is 35.1 Å². The normalized spacial score (nSPS) is 10.0. The first-order valence-corrected chi connectivity index (χ1v) is 8.05. The van der Waals surface area contributed by atoms with Crippen LogP contribution < -0.4 is 10.9 Å². The van der Waals surface area contributed by atoms with E-state index in [1.807, 2.05) is 12.1 Å². The minimum atomic E-state index is -0.531. The van der Waals surface area contributed by atoms with Crippen molar-refractivity contribution in [2.24, 2.45) is 0 Å². The smallest absolute Gasteiger partial charge is 0.306 e. The Morgan fingerprint density at radius 2 is 1.92 bits per heavy atom. The predicted octanol–water partition coefficient (Wildman–Crippen LogP) is 1.98. The lowest BCUT2D eigenvalue weighted by Gasteiger charge is -2.11. The fourth-order valence-corrected chi connectivity index (χ4v) is 2.58. The Hall–Kier alpha value is -3.40. The molecule has 0 saturated carbocycles. The number of esters is 1. The quantitative estimate of drug-likeness (QED) is 0.771. The van der Waals surface area contributed by atoms with Crippen molar-refractivity contribution in [3.63, 3.8) is 0 Å². The van der Waals surface area contributed by atoms with Crippen molar-refractivity contribution in [3.05, 3.63) is 63.1 Å². The first kappa shape index (κ1) is 18.9. The van der Waals surface area contributed by atoms with E-state index in [4.69, 9.17) is 10.00 Å². The molecule has 0 unspecified atom stereocenters. The zero-order valence-corrected chi connectivity index (χ0v) is 14.6. The standard InChI is InChI=1S/C19H19N3O4/c1-12-15(13(2)21-19(25)16(12)10-20)8-9-18(24)26-11-17(23)22-14-6-4-3-5-7-14/h3-7H,8-9,11H2,1-2H3,(H,21,25)(H,22,23). The van der Waals surface area contributed by atoms with Crippen LogP contribution in [0.25, 0.3) is 0 Å². The largest absolute Gasteiger partial charge is 0.456 e. The SMILES string of the molecule is Cc1[nH]c(=O)c(C#N)c(C)c1CCC(=O)OCC(=O)Nc1ccccc1. The van der Waals surface area contributed by atoms with Gasteiger partial charge in [0.1, 0.15) is 11.6 Å². The molecule has 0 aliphatic rings. The molecule has 1 heterocycles. The second-order valence-corrected chi connectivity index (χ2v) is 5.74. The van der Waals surface area contributed by atoms with Gasteiger partial charge in [-0.2, -0.15) is 5.26 Å². The van der Waals surface area contributed by atoms with Crippen molar-refractivity contribution >= 4 is 17.6 Å². The maximum absolute atomic E-state index is 11.9. The van der Waals surface area contributed by atoms with Crippen LogP contribution in [0.1, 0.15) is 28.8 Å². The number of carbonyl (C=O) groups is 2. The molecule has 26 heavy (non-hydrogen) atoms. The summed E-state index contributed by atoms with van der Waals surface area (Å²) in [5, 5.41) is 11.7. The van der Waals surface area contributed by atoms with Gasteiger partial charge in [0.2, 0.25) is 0 Å². The maximum Gasteiger partial charge on any atom is 0.306 e. The predicted molar refractivity (Wildman–Crippen MR) is 95.6 cm³/mol. The lowest BCUT2D eigenvalue weighted by Crippen LogP contribution is -2.21. The Bertz CT molecular complexity index is 911. The van der Waals surface area contributed by atoms with Gasteiger partial charge in [0.25, 0.3) is 11.5 Å². The van der Waals surface area contributed by atoms with Crippen molar-refractivity contribution in [1.82, 2.24) is 4.98 Å². The van der Waals surface area contributed by atoms with E-state index in [9.17, 15) is 14.4 Å². The molecular weight excluding hydrogens is 334 g/mol.